The van der Waals surface area contributed by atoms with Crippen LogP contribution < -0.4 is 16.1 Å². The minimum absolute atomic E-state index is 0.0342. The zero-order chi connectivity index (χ0) is 24.0. The van der Waals surface area contributed by atoms with E-state index >= 15 is 0 Å². The molecule has 0 unspecified atom stereocenters. The predicted molar refractivity (Wildman–Crippen MR) is 123 cm³/mol. The Kier molecular flexibility index (Phi) is 5.46. The maximum atomic E-state index is 13.9. The summed E-state index contributed by atoms with van der Waals surface area (Å²) >= 11 is 6.05. The summed E-state index contributed by atoms with van der Waals surface area (Å²) < 4.78 is 21.6. The second-order valence-corrected chi connectivity index (χ2v) is 9.08. The van der Waals surface area contributed by atoms with Crippen molar-refractivity contribution in [2.75, 3.05) is 31.2 Å². The zero-order valence-electron chi connectivity index (χ0n) is 18.3. The maximum absolute atomic E-state index is 13.9. The molecule has 0 saturated carbocycles. The number of hydrogen-bond acceptors (Lipinski definition) is 7. The van der Waals surface area contributed by atoms with Crippen molar-refractivity contribution in [2.45, 2.75) is 19.9 Å². The molecule has 11 heteroatoms. The topological polar surface area (TPSA) is 106 Å². The number of rotatable bonds is 4. The molecule has 2 saturated heterocycles. The summed E-state index contributed by atoms with van der Waals surface area (Å²) in [6, 6.07) is 5.96. The van der Waals surface area contributed by atoms with Gasteiger partial charge >= 0.3 is 5.69 Å². The van der Waals surface area contributed by atoms with Gasteiger partial charge in [-0.3, -0.25) is 14.3 Å². The summed E-state index contributed by atoms with van der Waals surface area (Å²) in [6.07, 6.45) is 3.68. The summed E-state index contributed by atoms with van der Waals surface area (Å²) in [6.45, 7) is 3.77. The van der Waals surface area contributed by atoms with Crippen LogP contribution >= 0.6 is 11.6 Å². The van der Waals surface area contributed by atoms with Crippen LogP contribution in [0.25, 0.3) is 16.9 Å². The van der Waals surface area contributed by atoms with E-state index in [2.05, 4.69) is 9.97 Å². The highest BCUT2D eigenvalue weighted by Crippen LogP contribution is 2.43. The number of ether oxygens (including phenoxy) is 1. The molecule has 2 fully saturated rings. The minimum Gasteiger partial charge on any atom is -0.381 e. The summed E-state index contributed by atoms with van der Waals surface area (Å²) in [4.78, 5) is 37.6. The summed E-state index contributed by atoms with van der Waals surface area (Å²) in [5.74, 6) is -0.297. The Morgan fingerprint density at radius 1 is 1.29 bits per heavy atom. The van der Waals surface area contributed by atoms with E-state index in [-0.39, 0.29) is 28.4 Å². The fourth-order valence-corrected chi connectivity index (χ4v) is 4.84. The summed E-state index contributed by atoms with van der Waals surface area (Å²) in [5, 5.41) is 9.37. The molecule has 2 aromatic heterocycles. The van der Waals surface area contributed by atoms with Crippen molar-refractivity contribution in [1.82, 2.24) is 19.1 Å². The number of anilines is 1. The van der Waals surface area contributed by atoms with Crippen molar-refractivity contribution in [3.05, 3.63) is 68.0 Å². The Bertz CT molecular complexity index is 1450. The normalized spacial score (nSPS) is 16.5. The van der Waals surface area contributed by atoms with E-state index < -0.39 is 17.1 Å². The molecular weight excluding hydrogens is 463 g/mol. The van der Waals surface area contributed by atoms with E-state index in [0.29, 0.717) is 43.4 Å². The molecule has 0 N–H and O–H groups in total. The number of halogens is 2. The molecule has 1 aromatic carbocycles. The van der Waals surface area contributed by atoms with Crippen LogP contribution in [0.5, 0.6) is 0 Å². The molecule has 2 aliphatic rings. The van der Waals surface area contributed by atoms with Crippen LogP contribution in [-0.2, 0) is 11.3 Å². The highest BCUT2D eigenvalue weighted by molar-refractivity contribution is 6.31. The Morgan fingerprint density at radius 3 is 2.74 bits per heavy atom. The third-order valence-electron chi connectivity index (χ3n) is 6.26. The molecule has 0 aliphatic carbocycles. The molecule has 0 bridgehead atoms. The largest absolute Gasteiger partial charge is 0.381 e. The van der Waals surface area contributed by atoms with Crippen molar-refractivity contribution >= 4 is 17.4 Å². The van der Waals surface area contributed by atoms with E-state index in [0.717, 1.165) is 11.0 Å². The summed E-state index contributed by atoms with van der Waals surface area (Å²) in [7, 11) is 0. The molecule has 0 amide bonds. The molecule has 174 valence electrons. The van der Waals surface area contributed by atoms with Crippen molar-refractivity contribution in [3.63, 3.8) is 0 Å². The quantitative estimate of drug-likeness (QED) is 0.561. The van der Waals surface area contributed by atoms with E-state index in [1.165, 1.54) is 35.2 Å². The second kappa shape index (κ2) is 8.34. The smallest absolute Gasteiger partial charge is 0.339 e. The third-order valence-corrected chi connectivity index (χ3v) is 6.55. The van der Waals surface area contributed by atoms with Gasteiger partial charge in [0.1, 0.15) is 18.2 Å². The number of benzene rings is 1. The average molecular weight is 483 g/mol. The SMILES string of the molecule is Cc1cncc(-n2c(=O)c(-c3ccc(F)c(Cl)c3)c(N3CC4(CCOC4)C3)n(CC#N)c2=O)n1. The monoisotopic (exact) mass is 482 g/mol. The van der Waals surface area contributed by atoms with E-state index in [9.17, 15) is 19.2 Å². The van der Waals surface area contributed by atoms with Gasteiger partial charge < -0.3 is 9.64 Å². The van der Waals surface area contributed by atoms with Crippen LogP contribution in [0.4, 0.5) is 10.2 Å². The molecule has 34 heavy (non-hydrogen) atoms. The first-order chi connectivity index (χ1) is 16.3. The third kappa shape index (κ3) is 3.57. The molecule has 1 spiro atoms. The van der Waals surface area contributed by atoms with Gasteiger partial charge in [-0.15, -0.1) is 0 Å². The van der Waals surface area contributed by atoms with Crippen molar-refractivity contribution < 1.29 is 9.13 Å². The van der Waals surface area contributed by atoms with E-state index in [1.54, 1.807) is 6.92 Å². The van der Waals surface area contributed by atoms with Gasteiger partial charge in [0.2, 0.25) is 0 Å². The molecule has 0 radical (unpaired) electrons. The number of nitriles is 1. The molecular formula is C23H20ClFN6O3. The molecule has 9 nitrogen and oxygen atoms in total. The van der Waals surface area contributed by atoms with Gasteiger partial charge in [-0.05, 0) is 31.0 Å². The minimum atomic E-state index is -0.706. The van der Waals surface area contributed by atoms with Gasteiger partial charge in [0.15, 0.2) is 5.82 Å². The lowest BCUT2D eigenvalue weighted by molar-refractivity contribution is 0.130. The fraction of sp³-hybridized carbons (Fsp3) is 0.348. The van der Waals surface area contributed by atoms with E-state index in [1.807, 2.05) is 11.0 Å². The van der Waals surface area contributed by atoms with Crippen LogP contribution in [0.3, 0.4) is 0 Å². The number of hydrogen-bond donors (Lipinski definition) is 0. The molecule has 2 aliphatic heterocycles. The van der Waals surface area contributed by atoms with Gasteiger partial charge in [0.25, 0.3) is 5.56 Å². The zero-order valence-corrected chi connectivity index (χ0v) is 19.0. The van der Waals surface area contributed by atoms with Gasteiger partial charge in [0.05, 0.1) is 35.2 Å². The highest BCUT2D eigenvalue weighted by atomic mass is 35.5. The number of nitrogens with zero attached hydrogens (tertiary/aromatic N) is 6. The van der Waals surface area contributed by atoms with Crippen molar-refractivity contribution in [3.8, 4) is 23.0 Å². The Labute approximate surface area is 198 Å². The fourth-order valence-electron chi connectivity index (χ4n) is 4.66. The number of aromatic nitrogens is 4. The Balaban J connectivity index is 1.80. The lowest BCUT2D eigenvalue weighted by atomic mass is 9.79. The number of aryl methyl sites for hydroxylation is 1. The van der Waals surface area contributed by atoms with Crippen LogP contribution in [-0.4, -0.2) is 45.4 Å². The Morgan fingerprint density at radius 2 is 2.09 bits per heavy atom. The van der Waals surface area contributed by atoms with Gasteiger partial charge in [-0.2, -0.15) is 5.26 Å². The maximum Gasteiger partial charge on any atom is 0.339 e. The van der Waals surface area contributed by atoms with Gasteiger partial charge in [-0.25, -0.2) is 18.7 Å². The van der Waals surface area contributed by atoms with Crippen molar-refractivity contribution in [1.29, 1.82) is 5.26 Å². The van der Waals surface area contributed by atoms with Gasteiger partial charge in [0, 0.05) is 31.3 Å². The summed E-state index contributed by atoms with van der Waals surface area (Å²) in [5.41, 5.74) is -0.438. The van der Waals surface area contributed by atoms with Gasteiger partial charge in [-0.1, -0.05) is 17.7 Å². The first kappa shape index (κ1) is 22.3. The lowest BCUT2D eigenvalue weighted by Crippen LogP contribution is -2.59. The predicted octanol–water partition coefficient (Wildman–Crippen LogP) is 2.31. The van der Waals surface area contributed by atoms with Crippen LogP contribution in [0.15, 0.2) is 40.2 Å². The molecule has 4 heterocycles. The highest BCUT2D eigenvalue weighted by Gasteiger charge is 2.47. The Hall–Kier alpha value is -3.55. The first-order valence-electron chi connectivity index (χ1n) is 10.7. The van der Waals surface area contributed by atoms with Crippen LogP contribution in [0.1, 0.15) is 12.1 Å². The second-order valence-electron chi connectivity index (χ2n) is 8.67. The standard InChI is InChI=1S/C23H20ClFN6O3/c1-14-9-27-10-18(28-14)31-21(32)19(15-2-3-17(25)16(24)8-15)20(30(6-5-26)22(31)33)29-11-23(12-29)4-7-34-13-23/h2-3,8-10H,4,6-7,11-13H2,1H3. The van der Waals surface area contributed by atoms with Crippen molar-refractivity contribution in [2.24, 2.45) is 5.41 Å². The first-order valence-corrected chi connectivity index (χ1v) is 11.1. The molecule has 5 rings (SSSR count). The van der Waals surface area contributed by atoms with Crippen LogP contribution in [0, 0.1) is 29.5 Å². The lowest BCUT2D eigenvalue weighted by Gasteiger charge is -2.49. The molecule has 0 atom stereocenters. The van der Waals surface area contributed by atoms with Crippen LogP contribution in [0.2, 0.25) is 5.02 Å². The van der Waals surface area contributed by atoms with E-state index in [4.69, 9.17) is 16.3 Å². The average Bonchev–Trinajstić information content (AvgIpc) is 3.27. The molecule has 3 aromatic rings.